The second-order valence-electron chi connectivity index (χ2n) is 2.76. The third-order valence-electron chi connectivity index (χ3n) is 1.67. The molecule has 5 N–H and O–H groups in total. The predicted molar refractivity (Wildman–Crippen MR) is 63.8 cm³/mol. The molecule has 0 atom stereocenters. The number of benzene rings is 1. The molecule has 0 radical (unpaired) electrons. The zero-order valence-electron chi connectivity index (χ0n) is 7.57. The predicted octanol–water partition coefficient (Wildman–Crippen LogP) is 1.54. The van der Waals surface area contributed by atoms with Gasteiger partial charge in [-0.2, -0.15) is 4.99 Å². The van der Waals surface area contributed by atoms with Crippen molar-refractivity contribution in [3.8, 4) is 0 Å². The first-order valence-corrected chi connectivity index (χ1v) is 4.28. The minimum atomic E-state index is -0.0323. The number of hydrogen-bond acceptors (Lipinski definition) is 2. The lowest BCUT2D eigenvalue weighted by Crippen LogP contribution is -2.22. The summed E-state index contributed by atoms with van der Waals surface area (Å²) in [5.74, 6) is 0.345. The highest BCUT2D eigenvalue weighted by molar-refractivity contribution is 6.31. The van der Waals surface area contributed by atoms with Crippen LogP contribution in [0.2, 0.25) is 5.02 Å². The summed E-state index contributed by atoms with van der Waals surface area (Å²) in [6.07, 6.45) is 0. The molecular formula is C8H9Cl2N5. The highest BCUT2D eigenvalue weighted by Crippen LogP contribution is 2.19. The van der Waals surface area contributed by atoms with E-state index >= 15 is 0 Å². The standard InChI is InChI=1S/C8H8ClN5.ClH/c9-4-1-2-5-6(3-4)13-8(12-5)14-7(10)11;/h1-3H,(H5,10,11,12,13,14);1H. The lowest BCUT2D eigenvalue weighted by atomic mass is 10.3. The zero-order valence-corrected chi connectivity index (χ0v) is 9.14. The molecule has 0 amide bonds. The molecule has 0 fully saturated rings. The topological polar surface area (TPSA) is 93.1 Å². The van der Waals surface area contributed by atoms with Crippen molar-refractivity contribution in [2.75, 3.05) is 0 Å². The summed E-state index contributed by atoms with van der Waals surface area (Å²) < 4.78 is 0. The third-order valence-corrected chi connectivity index (χ3v) is 1.90. The van der Waals surface area contributed by atoms with E-state index in [-0.39, 0.29) is 18.4 Å². The minimum absolute atomic E-state index is 0. The Labute approximate surface area is 96.9 Å². The van der Waals surface area contributed by atoms with Gasteiger partial charge in [-0.25, -0.2) is 4.98 Å². The van der Waals surface area contributed by atoms with Gasteiger partial charge in [0.05, 0.1) is 11.0 Å². The Morgan fingerprint density at radius 1 is 1.40 bits per heavy atom. The highest BCUT2D eigenvalue weighted by Gasteiger charge is 2.01. The van der Waals surface area contributed by atoms with Crippen LogP contribution in [0.25, 0.3) is 11.0 Å². The smallest absolute Gasteiger partial charge is 0.231 e. The van der Waals surface area contributed by atoms with Crippen molar-refractivity contribution >= 4 is 46.9 Å². The van der Waals surface area contributed by atoms with E-state index in [1.165, 1.54) is 0 Å². The summed E-state index contributed by atoms with van der Waals surface area (Å²) in [5.41, 5.74) is 12.0. The van der Waals surface area contributed by atoms with Crippen molar-refractivity contribution in [2.24, 2.45) is 16.5 Å². The van der Waals surface area contributed by atoms with Crippen LogP contribution in [0.3, 0.4) is 0 Å². The summed E-state index contributed by atoms with van der Waals surface area (Å²) in [4.78, 5) is 10.8. The molecule has 5 nitrogen and oxygen atoms in total. The van der Waals surface area contributed by atoms with E-state index in [4.69, 9.17) is 23.1 Å². The fourth-order valence-corrected chi connectivity index (χ4v) is 1.32. The Balaban J connectivity index is 0.00000112. The molecule has 0 aliphatic heterocycles. The first-order chi connectivity index (χ1) is 6.65. The SMILES string of the molecule is Cl.NC(N)=Nc1nc2ccc(Cl)cc2[nH]1. The molecule has 0 aliphatic rings. The van der Waals surface area contributed by atoms with E-state index in [9.17, 15) is 0 Å². The lowest BCUT2D eigenvalue weighted by Gasteiger charge is -1.87. The van der Waals surface area contributed by atoms with Crippen LogP contribution < -0.4 is 11.5 Å². The van der Waals surface area contributed by atoms with Crippen molar-refractivity contribution in [2.45, 2.75) is 0 Å². The molecule has 0 bridgehead atoms. The number of nitrogens with one attached hydrogen (secondary N) is 1. The van der Waals surface area contributed by atoms with Crippen LogP contribution in [0.15, 0.2) is 23.2 Å². The van der Waals surface area contributed by atoms with Gasteiger partial charge in [0.25, 0.3) is 0 Å². The van der Waals surface area contributed by atoms with E-state index in [0.29, 0.717) is 11.0 Å². The summed E-state index contributed by atoms with van der Waals surface area (Å²) in [6.45, 7) is 0. The Bertz CT molecular complexity index is 501. The number of nitrogens with two attached hydrogens (primary N) is 2. The average Bonchev–Trinajstić information content (AvgIpc) is 2.44. The number of fused-ring (bicyclic) bond motifs is 1. The van der Waals surface area contributed by atoms with Gasteiger partial charge < -0.3 is 16.5 Å². The number of aromatic nitrogens is 2. The maximum Gasteiger partial charge on any atom is 0.231 e. The Morgan fingerprint density at radius 2 is 2.13 bits per heavy atom. The largest absolute Gasteiger partial charge is 0.370 e. The second kappa shape index (κ2) is 4.37. The number of nitrogens with zero attached hydrogens (tertiary/aromatic N) is 2. The van der Waals surface area contributed by atoms with Crippen molar-refractivity contribution in [3.05, 3.63) is 23.2 Å². The fraction of sp³-hybridized carbons (Fsp3) is 0. The maximum absolute atomic E-state index is 5.80. The molecule has 15 heavy (non-hydrogen) atoms. The Morgan fingerprint density at radius 3 is 2.80 bits per heavy atom. The second-order valence-corrected chi connectivity index (χ2v) is 3.19. The summed E-state index contributed by atoms with van der Waals surface area (Å²) in [5, 5.41) is 0.636. The number of guanidine groups is 1. The Kier molecular flexibility index (Phi) is 3.39. The van der Waals surface area contributed by atoms with Gasteiger partial charge in [0, 0.05) is 5.02 Å². The van der Waals surface area contributed by atoms with E-state index in [1.807, 2.05) is 0 Å². The number of aliphatic imine (C=N–C) groups is 1. The van der Waals surface area contributed by atoms with Gasteiger partial charge in [-0.3, -0.25) is 0 Å². The highest BCUT2D eigenvalue weighted by atomic mass is 35.5. The van der Waals surface area contributed by atoms with E-state index < -0.39 is 0 Å². The third kappa shape index (κ3) is 2.51. The minimum Gasteiger partial charge on any atom is -0.370 e. The van der Waals surface area contributed by atoms with Crippen molar-refractivity contribution < 1.29 is 0 Å². The van der Waals surface area contributed by atoms with Crippen LogP contribution in [0.4, 0.5) is 5.95 Å². The van der Waals surface area contributed by atoms with Crippen LogP contribution in [-0.4, -0.2) is 15.9 Å². The number of H-pyrrole nitrogens is 1. The molecule has 0 aliphatic carbocycles. The molecule has 7 heteroatoms. The van der Waals surface area contributed by atoms with Crippen LogP contribution >= 0.6 is 24.0 Å². The van der Waals surface area contributed by atoms with Crippen molar-refractivity contribution in [3.63, 3.8) is 0 Å². The average molecular weight is 246 g/mol. The van der Waals surface area contributed by atoms with Gasteiger partial charge >= 0.3 is 0 Å². The molecule has 2 rings (SSSR count). The fourth-order valence-electron chi connectivity index (χ4n) is 1.14. The van der Waals surface area contributed by atoms with Crippen LogP contribution in [0.5, 0.6) is 0 Å². The quantitative estimate of drug-likeness (QED) is 0.526. The van der Waals surface area contributed by atoms with Gasteiger partial charge in [-0.1, -0.05) is 11.6 Å². The van der Waals surface area contributed by atoms with Crippen molar-refractivity contribution in [1.82, 2.24) is 9.97 Å². The molecule has 80 valence electrons. The van der Waals surface area contributed by atoms with E-state index in [1.54, 1.807) is 18.2 Å². The summed E-state index contributed by atoms with van der Waals surface area (Å²) in [7, 11) is 0. The zero-order chi connectivity index (χ0) is 10.1. The van der Waals surface area contributed by atoms with E-state index in [2.05, 4.69) is 15.0 Å². The van der Waals surface area contributed by atoms with Crippen LogP contribution in [-0.2, 0) is 0 Å². The first kappa shape index (κ1) is 11.6. The molecule has 0 unspecified atom stereocenters. The summed E-state index contributed by atoms with van der Waals surface area (Å²) >= 11 is 5.80. The summed E-state index contributed by atoms with van der Waals surface area (Å²) in [6, 6.07) is 5.31. The molecule has 1 aromatic heterocycles. The number of rotatable bonds is 1. The maximum atomic E-state index is 5.80. The van der Waals surface area contributed by atoms with Gasteiger partial charge in [-0.05, 0) is 18.2 Å². The van der Waals surface area contributed by atoms with Crippen LogP contribution in [0.1, 0.15) is 0 Å². The number of imidazole rings is 1. The van der Waals surface area contributed by atoms with E-state index in [0.717, 1.165) is 11.0 Å². The molecule has 0 spiro atoms. The molecule has 2 aromatic rings. The number of halogens is 2. The molecule has 0 saturated carbocycles. The monoisotopic (exact) mass is 245 g/mol. The normalized spacial score (nSPS) is 9.67. The van der Waals surface area contributed by atoms with Gasteiger partial charge in [0.2, 0.25) is 5.95 Å². The molecule has 1 aromatic carbocycles. The number of hydrogen-bond donors (Lipinski definition) is 3. The molecule has 1 heterocycles. The molecule has 0 saturated heterocycles. The first-order valence-electron chi connectivity index (χ1n) is 3.90. The van der Waals surface area contributed by atoms with Gasteiger partial charge in [0.1, 0.15) is 0 Å². The van der Waals surface area contributed by atoms with Crippen LogP contribution in [0, 0.1) is 0 Å². The van der Waals surface area contributed by atoms with Gasteiger partial charge in [0.15, 0.2) is 5.96 Å². The lowest BCUT2D eigenvalue weighted by molar-refractivity contribution is 1.24. The molecular weight excluding hydrogens is 237 g/mol. The van der Waals surface area contributed by atoms with Gasteiger partial charge in [-0.15, -0.1) is 12.4 Å². The Hall–Kier alpha value is -1.46. The number of aromatic amines is 1. The van der Waals surface area contributed by atoms with Crippen molar-refractivity contribution in [1.29, 1.82) is 0 Å².